The molecule has 0 radical (unpaired) electrons. The molecule has 0 unspecified atom stereocenters. The summed E-state index contributed by atoms with van der Waals surface area (Å²) in [5, 5.41) is 5.19. The molecule has 1 saturated heterocycles. The SMILES string of the molecule is Cc1ccc(/C=N\N2C(=O)[C@@H]3[C@@H]4C=C[C@H]([C@@H]5C[C@H]45)[C@H]3C2=O)o1. The Hall–Kier alpha value is -2.17. The van der Waals surface area contributed by atoms with Gasteiger partial charge in [-0.2, -0.15) is 10.1 Å². The lowest BCUT2D eigenvalue weighted by Crippen LogP contribution is -2.40. The van der Waals surface area contributed by atoms with Crippen LogP contribution in [0.3, 0.4) is 0 Å². The Balaban J connectivity index is 1.46. The van der Waals surface area contributed by atoms with Crippen LogP contribution >= 0.6 is 0 Å². The second-order valence-electron chi connectivity index (χ2n) is 6.84. The van der Waals surface area contributed by atoms with Crippen molar-refractivity contribution in [2.45, 2.75) is 13.3 Å². The fourth-order valence-corrected chi connectivity index (χ4v) is 4.69. The van der Waals surface area contributed by atoms with Gasteiger partial charge in [0.25, 0.3) is 11.8 Å². The van der Waals surface area contributed by atoms with Crippen LogP contribution in [0.1, 0.15) is 17.9 Å². The van der Waals surface area contributed by atoms with E-state index < -0.39 is 0 Å². The molecule has 2 bridgehead atoms. The summed E-state index contributed by atoms with van der Waals surface area (Å²) in [5.74, 6) is 2.37. The number of hydrogen-bond donors (Lipinski definition) is 0. The molecule has 3 fully saturated rings. The number of allylic oxidation sites excluding steroid dienone is 2. The zero-order valence-corrected chi connectivity index (χ0v) is 12.2. The Morgan fingerprint density at radius 3 is 2.32 bits per heavy atom. The number of amides is 2. The number of carbonyl (C=O) groups excluding carboxylic acids is 2. The molecular weight excluding hydrogens is 280 g/mol. The molecule has 0 N–H and O–H groups in total. The van der Waals surface area contributed by atoms with E-state index in [9.17, 15) is 9.59 Å². The molecule has 2 saturated carbocycles. The second-order valence-corrected chi connectivity index (χ2v) is 6.84. The molecule has 6 atom stereocenters. The molecular formula is C17H16N2O3. The van der Waals surface area contributed by atoms with Crippen molar-refractivity contribution in [3.63, 3.8) is 0 Å². The van der Waals surface area contributed by atoms with Gasteiger partial charge in [0.2, 0.25) is 0 Å². The third-order valence-corrected chi connectivity index (χ3v) is 5.70. The van der Waals surface area contributed by atoms with Crippen LogP contribution in [0, 0.1) is 42.4 Å². The average molecular weight is 296 g/mol. The molecule has 0 spiro atoms. The minimum atomic E-state index is -0.193. The summed E-state index contributed by atoms with van der Waals surface area (Å²) >= 11 is 0. The van der Waals surface area contributed by atoms with Crippen molar-refractivity contribution < 1.29 is 14.0 Å². The lowest BCUT2D eigenvalue weighted by molar-refractivity contribution is -0.140. The van der Waals surface area contributed by atoms with Gasteiger partial charge in [0.15, 0.2) is 0 Å². The molecule has 1 aromatic heterocycles. The van der Waals surface area contributed by atoms with Crippen LogP contribution in [0.2, 0.25) is 0 Å². The van der Waals surface area contributed by atoms with Gasteiger partial charge in [0.1, 0.15) is 11.5 Å². The van der Waals surface area contributed by atoms with Gasteiger partial charge in [-0.1, -0.05) is 12.2 Å². The minimum absolute atomic E-state index is 0.140. The first kappa shape index (κ1) is 12.4. The molecule has 112 valence electrons. The van der Waals surface area contributed by atoms with E-state index in [-0.39, 0.29) is 35.5 Å². The standard InChI is InChI=1S/C17H16N2O3/c1-8-2-3-9(22-8)7-18-19-16(20)14-10-4-5-11(13-6-12(10)13)15(14)17(19)21/h2-5,7,10-15H,6H2,1H3/b18-7-/t10-,11-,12-,13+,14-,15-/m1/s1. The lowest BCUT2D eigenvalue weighted by Gasteiger charge is -2.37. The minimum Gasteiger partial charge on any atom is -0.460 e. The normalized spacial score (nSPS) is 41.4. The fourth-order valence-electron chi connectivity index (χ4n) is 4.69. The van der Waals surface area contributed by atoms with Crippen LogP contribution in [0.25, 0.3) is 0 Å². The molecule has 22 heavy (non-hydrogen) atoms. The van der Waals surface area contributed by atoms with Crippen molar-refractivity contribution in [3.8, 4) is 0 Å². The third-order valence-electron chi connectivity index (χ3n) is 5.70. The van der Waals surface area contributed by atoms with Gasteiger partial charge in [0.05, 0.1) is 18.1 Å². The predicted octanol–water partition coefficient (Wildman–Crippen LogP) is 1.98. The van der Waals surface area contributed by atoms with Gasteiger partial charge < -0.3 is 4.42 Å². The van der Waals surface area contributed by atoms with E-state index in [1.165, 1.54) is 12.6 Å². The van der Waals surface area contributed by atoms with E-state index in [1.54, 1.807) is 6.07 Å². The first-order valence-electron chi connectivity index (χ1n) is 7.82. The van der Waals surface area contributed by atoms with E-state index in [0.29, 0.717) is 17.6 Å². The Morgan fingerprint density at radius 1 is 1.14 bits per heavy atom. The Labute approximate surface area is 127 Å². The molecule has 5 heteroatoms. The van der Waals surface area contributed by atoms with Crippen molar-refractivity contribution in [1.82, 2.24) is 5.01 Å². The topological polar surface area (TPSA) is 62.9 Å². The summed E-state index contributed by atoms with van der Waals surface area (Å²) in [6, 6.07) is 3.60. The molecule has 6 rings (SSSR count). The van der Waals surface area contributed by atoms with Gasteiger partial charge in [-0.15, -0.1) is 0 Å². The number of furan rings is 1. The largest absolute Gasteiger partial charge is 0.460 e. The predicted molar refractivity (Wildman–Crippen MR) is 77.6 cm³/mol. The van der Waals surface area contributed by atoms with E-state index in [1.807, 2.05) is 13.0 Å². The Bertz CT molecular complexity index is 711. The van der Waals surface area contributed by atoms with E-state index in [4.69, 9.17) is 4.42 Å². The maximum atomic E-state index is 12.7. The summed E-state index contributed by atoms with van der Waals surface area (Å²) in [7, 11) is 0. The summed E-state index contributed by atoms with van der Waals surface area (Å²) in [6.45, 7) is 1.84. The van der Waals surface area contributed by atoms with Crippen LogP contribution in [0.15, 0.2) is 33.8 Å². The molecule has 0 aromatic carbocycles. The number of rotatable bonds is 2. The van der Waals surface area contributed by atoms with Crippen LogP contribution in [-0.4, -0.2) is 23.0 Å². The van der Waals surface area contributed by atoms with Crippen molar-refractivity contribution in [2.24, 2.45) is 40.6 Å². The highest BCUT2D eigenvalue weighted by molar-refractivity contribution is 6.06. The molecule has 2 heterocycles. The Kier molecular flexibility index (Phi) is 2.23. The summed E-state index contributed by atoms with van der Waals surface area (Å²) in [4.78, 5) is 25.3. The maximum Gasteiger partial charge on any atom is 0.254 e. The van der Waals surface area contributed by atoms with Crippen LogP contribution in [0.4, 0.5) is 0 Å². The van der Waals surface area contributed by atoms with Crippen molar-refractivity contribution in [3.05, 3.63) is 35.8 Å². The molecule has 1 aliphatic heterocycles. The van der Waals surface area contributed by atoms with Gasteiger partial charge in [-0.25, -0.2) is 0 Å². The summed E-state index contributed by atoms with van der Waals surface area (Å²) in [6.07, 6.45) is 6.95. The van der Waals surface area contributed by atoms with Gasteiger partial charge >= 0.3 is 0 Å². The third kappa shape index (κ3) is 1.46. The lowest BCUT2D eigenvalue weighted by atomic mass is 9.63. The highest BCUT2D eigenvalue weighted by Gasteiger charge is 2.67. The molecule has 5 nitrogen and oxygen atoms in total. The maximum absolute atomic E-state index is 12.7. The number of carbonyl (C=O) groups is 2. The number of imide groups is 1. The number of hydrazone groups is 1. The first-order chi connectivity index (χ1) is 10.6. The van der Waals surface area contributed by atoms with E-state index >= 15 is 0 Å². The molecule has 4 aliphatic carbocycles. The molecule has 2 amide bonds. The average Bonchev–Trinajstić information content (AvgIpc) is 3.19. The number of nitrogens with zero attached hydrogens (tertiary/aromatic N) is 2. The molecule has 1 aromatic rings. The molecule has 5 aliphatic rings. The highest BCUT2D eigenvalue weighted by Crippen LogP contribution is 2.65. The number of aryl methyl sites for hydroxylation is 1. The quantitative estimate of drug-likeness (QED) is 0.476. The van der Waals surface area contributed by atoms with Gasteiger partial charge in [-0.3, -0.25) is 9.59 Å². The van der Waals surface area contributed by atoms with Crippen LogP contribution in [0.5, 0.6) is 0 Å². The number of hydrogen-bond acceptors (Lipinski definition) is 4. The second kappa shape index (κ2) is 3.97. The zero-order chi connectivity index (χ0) is 15.0. The zero-order valence-electron chi connectivity index (χ0n) is 12.2. The Morgan fingerprint density at radius 2 is 1.77 bits per heavy atom. The van der Waals surface area contributed by atoms with Crippen molar-refractivity contribution >= 4 is 18.0 Å². The van der Waals surface area contributed by atoms with Gasteiger partial charge in [0, 0.05) is 0 Å². The van der Waals surface area contributed by atoms with Crippen molar-refractivity contribution in [2.75, 3.05) is 0 Å². The van der Waals surface area contributed by atoms with Gasteiger partial charge in [-0.05, 0) is 49.1 Å². The van der Waals surface area contributed by atoms with E-state index in [0.717, 1.165) is 10.8 Å². The van der Waals surface area contributed by atoms with Crippen LogP contribution < -0.4 is 0 Å². The smallest absolute Gasteiger partial charge is 0.254 e. The van der Waals surface area contributed by atoms with E-state index in [2.05, 4.69) is 17.3 Å². The monoisotopic (exact) mass is 296 g/mol. The highest BCUT2D eigenvalue weighted by atomic mass is 16.3. The van der Waals surface area contributed by atoms with Crippen LogP contribution in [-0.2, 0) is 9.59 Å². The summed E-state index contributed by atoms with van der Waals surface area (Å²) in [5.41, 5.74) is 0. The summed E-state index contributed by atoms with van der Waals surface area (Å²) < 4.78 is 5.40. The van der Waals surface area contributed by atoms with Crippen molar-refractivity contribution in [1.29, 1.82) is 0 Å². The fraction of sp³-hybridized carbons (Fsp3) is 0.471. The first-order valence-corrected chi connectivity index (χ1v) is 7.82.